The van der Waals surface area contributed by atoms with Crippen molar-refractivity contribution in [3.63, 3.8) is 0 Å². The van der Waals surface area contributed by atoms with Crippen molar-refractivity contribution < 1.29 is 34.4 Å². The molecule has 53 heavy (non-hydrogen) atoms. The molecule has 0 fully saturated rings. The van der Waals surface area contributed by atoms with Crippen LogP contribution in [0.1, 0.15) is 89.7 Å². The Bertz CT molecular complexity index is 2340. The quantitative estimate of drug-likeness (QED) is 0.0511. The van der Waals surface area contributed by atoms with Crippen LogP contribution in [0.25, 0.3) is 55.0 Å². The molecule has 0 unspecified atom stereocenters. The number of hydrogen-bond acceptors (Lipinski definition) is 6. The van der Waals surface area contributed by atoms with Crippen LogP contribution < -0.4 is 5.19 Å². The van der Waals surface area contributed by atoms with E-state index in [0.29, 0.717) is 5.71 Å². The maximum absolute atomic E-state index is 12.2. The molecule has 3 aromatic carbocycles. The van der Waals surface area contributed by atoms with E-state index in [1.165, 1.54) is 33.2 Å². The molecule has 0 spiro atoms. The first-order valence-electron chi connectivity index (χ1n) is 18.8. The Morgan fingerprint density at radius 3 is 2.13 bits per heavy atom. The van der Waals surface area contributed by atoms with E-state index in [-0.39, 0.29) is 42.5 Å². The third-order valence-electron chi connectivity index (χ3n) is 11.6. The molecular formula is C45H56IrN3O3Si-. The molecule has 6 rings (SSSR count). The molecule has 0 atom stereocenters. The number of aliphatic hydroxyl groups is 1. The maximum Gasteiger partial charge on any atom is 0.216 e. The van der Waals surface area contributed by atoms with E-state index in [1.807, 2.05) is 60.6 Å². The molecule has 0 aliphatic rings. The number of aromatic nitrogens is 3. The standard InChI is InChI=1S/C30H28N3OSi.C15H28O2.Ir/c1-16-10-12-23(28-24(16)21-9-8-14-31-30(21)34-28)26-22-13-11-20-15-17(2)29(35(5,6)7)18(3)25(20)27(22)33-19(4)32-26;1-7-14(5,8-2)12(16)11-13(17)15(6,9-3)10-4;/h8-11,13-15H,1-7H3;11,16H,7-10H2,1-6H3;/q-1;;/b;12-11-;. The fraction of sp³-hybridized carbons (Fsp3) is 0.422. The molecular weight excluding hydrogens is 851 g/mol. The Labute approximate surface area is 330 Å². The minimum absolute atomic E-state index is 0. The van der Waals surface area contributed by atoms with Crippen molar-refractivity contribution in [3.8, 4) is 11.3 Å². The van der Waals surface area contributed by atoms with Crippen molar-refractivity contribution in [1.82, 2.24) is 15.0 Å². The van der Waals surface area contributed by atoms with Gasteiger partial charge in [-0.1, -0.05) is 108 Å². The van der Waals surface area contributed by atoms with Gasteiger partial charge in [0.15, 0.2) is 5.78 Å². The zero-order chi connectivity index (χ0) is 38.3. The predicted octanol–water partition coefficient (Wildman–Crippen LogP) is 12.0. The molecule has 1 radical (unpaired) electrons. The van der Waals surface area contributed by atoms with Crippen molar-refractivity contribution >= 4 is 62.8 Å². The SMILES string of the molecule is CCC(C)(CC)C(=O)/C=C(\O)C(C)(CC)CC.Cc1nc(-c2[c-]cc(C)c3c2oc2ncccc23)c2ccc3cc(C)c([Si](C)(C)C)c(C)c3c2n1.[Ir]. The average molecular weight is 907 g/mol. The normalized spacial score (nSPS) is 12.7. The second-order valence-electron chi connectivity index (χ2n) is 16.1. The van der Waals surface area contributed by atoms with Crippen molar-refractivity contribution in [1.29, 1.82) is 0 Å². The minimum atomic E-state index is -1.55. The van der Waals surface area contributed by atoms with Crippen molar-refractivity contribution in [2.45, 2.75) is 115 Å². The van der Waals surface area contributed by atoms with Gasteiger partial charge in [0.05, 0.1) is 19.2 Å². The summed E-state index contributed by atoms with van der Waals surface area (Å²) in [6, 6.07) is 16.2. The van der Waals surface area contributed by atoms with Gasteiger partial charge >= 0.3 is 0 Å². The monoisotopic (exact) mass is 907 g/mol. The number of hydrogen-bond donors (Lipinski definition) is 1. The first-order chi connectivity index (χ1) is 24.4. The number of ketones is 1. The molecule has 6 nitrogen and oxygen atoms in total. The molecule has 8 heteroatoms. The third-order valence-corrected chi connectivity index (χ3v) is 13.9. The number of furan rings is 1. The fourth-order valence-electron chi connectivity index (χ4n) is 7.59. The Hall–Kier alpha value is -3.71. The second kappa shape index (κ2) is 15.9. The first-order valence-corrected chi connectivity index (χ1v) is 22.3. The molecule has 1 N–H and O–H groups in total. The van der Waals surface area contributed by atoms with Gasteiger partial charge in [0, 0.05) is 59.7 Å². The van der Waals surface area contributed by atoms with Crippen LogP contribution >= 0.6 is 0 Å². The van der Waals surface area contributed by atoms with E-state index in [2.05, 4.69) is 75.7 Å². The summed E-state index contributed by atoms with van der Waals surface area (Å²) in [5, 5.41) is 17.2. The van der Waals surface area contributed by atoms with Gasteiger partial charge in [0.1, 0.15) is 11.6 Å². The van der Waals surface area contributed by atoms with Crippen LogP contribution in [0.4, 0.5) is 0 Å². The number of rotatable bonds is 9. The molecule has 0 bridgehead atoms. The summed E-state index contributed by atoms with van der Waals surface area (Å²) < 4.78 is 6.30. The summed E-state index contributed by atoms with van der Waals surface area (Å²) in [5.41, 5.74) is 7.36. The molecule has 3 aromatic heterocycles. The van der Waals surface area contributed by atoms with Crippen molar-refractivity contribution in [2.24, 2.45) is 10.8 Å². The van der Waals surface area contributed by atoms with Crippen molar-refractivity contribution in [2.75, 3.05) is 0 Å². The van der Waals surface area contributed by atoms with E-state index in [9.17, 15) is 9.90 Å². The number of aryl methyl sites for hydroxylation is 4. The van der Waals surface area contributed by atoms with Gasteiger partial charge in [-0.3, -0.25) is 9.78 Å². The summed E-state index contributed by atoms with van der Waals surface area (Å²) in [4.78, 5) is 26.6. The zero-order valence-corrected chi connectivity index (χ0v) is 37.3. The van der Waals surface area contributed by atoms with Crippen LogP contribution in [0.3, 0.4) is 0 Å². The van der Waals surface area contributed by atoms with Gasteiger partial charge in [0.25, 0.3) is 0 Å². The third kappa shape index (κ3) is 7.78. The number of benzene rings is 3. The average Bonchev–Trinajstić information content (AvgIpc) is 3.50. The van der Waals surface area contributed by atoms with Crippen LogP contribution in [0.15, 0.2) is 58.8 Å². The van der Waals surface area contributed by atoms with E-state index in [4.69, 9.17) is 14.4 Å². The number of aliphatic hydroxyl groups excluding tert-OH is 1. The van der Waals surface area contributed by atoms with E-state index >= 15 is 0 Å². The fourth-order valence-corrected chi connectivity index (χ4v) is 10.1. The molecule has 283 valence electrons. The van der Waals surface area contributed by atoms with Gasteiger partial charge in [-0.2, -0.15) is 0 Å². The number of fused-ring (bicyclic) bond motifs is 6. The summed E-state index contributed by atoms with van der Waals surface area (Å²) in [6.45, 7) is 27.9. The molecule has 0 saturated heterocycles. The molecule has 0 amide bonds. The number of pyridine rings is 1. The zero-order valence-electron chi connectivity index (χ0n) is 33.9. The topological polar surface area (TPSA) is 89.1 Å². The van der Waals surface area contributed by atoms with Gasteiger partial charge < -0.3 is 9.52 Å². The Kier molecular flexibility index (Phi) is 12.6. The van der Waals surface area contributed by atoms with Crippen LogP contribution in [0.2, 0.25) is 19.6 Å². The van der Waals surface area contributed by atoms with Crippen LogP contribution in [0, 0.1) is 44.6 Å². The smallest absolute Gasteiger partial charge is 0.216 e. The summed E-state index contributed by atoms with van der Waals surface area (Å²) >= 11 is 0. The maximum atomic E-state index is 12.2. The number of allylic oxidation sites excluding steroid dienone is 2. The Balaban J connectivity index is 0.000000299. The molecule has 0 aliphatic carbocycles. The second-order valence-corrected chi connectivity index (χ2v) is 21.1. The van der Waals surface area contributed by atoms with Crippen LogP contribution in [0.5, 0.6) is 0 Å². The van der Waals surface area contributed by atoms with Crippen molar-refractivity contribution in [3.05, 3.63) is 83.0 Å². The first kappa shape index (κ1) is 42.0. The molecule has 3 heterocycles. The molecule has 0 saturated carbocycles. The summed E-state index contributed by atoms with van der Waals surface area (Å²) in [7, 11) is -1.55. The largest absolute Gasteiger partial charge is 0.512 e. The minimum Gasteiger partial charge on any atom is -0.512 e. The summed E-state index contributed by atoms with van der Waals surface area (Å²) in [5.74, 6) is 1.03. The van der Waals surface area contributed by atoms with Crippen LogP contribution in [-0.4, -0.2) is 33.9 Å². The molecule has 0 aliphatic heterocycles. The van der Waals surface area contributed by atoms with Gasteiger partial charge in [-0.05, 0) is 74.9 Å². The van der Waals surface area contributed by atoms with E-state index in [0.717, 1.165) is 75.6 Å². The predicted molar refractivity (Wildman–Crippen MR) is 221 cm³/mol. The van der Waals surface area contributed by atoms with Gasteiger partial charge in [-0.15, -0.1) is 17.7 Å². The van der Waals surface area contributed by atoms with Gasteiger partial charge in [-0.25, -0.2) is 9.97 Å². The summed E-state index contributed by atoms with van der Waals surface area (Å²) in [6.07, 6.45) is 6.52. The van der Waals surface area contributed by atoms with E-state index < -0.39 is 8.07 Å². The van der Waals surface area contributed by atoms with Gasteiger partial charge in [0.2, 0.25) is 5.71 Å². The van der Waals surface area contributed by atoms with Crippen LogP contribution in [-0.2, 0) is 24.9 Å². The number of nitrogens with zero attached hydrogens (tertiary/aromatic N) is 3. The Morgan fingerprint density at radius 1 is 0.887 bits per heavy atom. The number of carbonyl (C=O) groups excluding carboxylic acids is 1. The Morgan fingerprint density at radius 2 is 1.53 bits per heavy atom. The number of carbonyl (C=O) groups is 1. The van der Waals surface area contributed by atoms with E-state index in [1.54, 1.807) is 6.20 Å². The molecule has 6 aromatic rings.